The van der Waals surface area contributed by atoms with Crippen molar-refractivity contribution >= 4 is 11.0 Å². The Morgan fingerprint density at radius 1 is 1.47 bits per heavy atom. The fraction of sp³-hybridized carbons (Fsp3) is 0.417. The molecule has 0 saturated heterocycles. The van der Waals surface area contributed by atoms with Crippen LogP contribution in [-0.2, 0) is 13.0 Å². The van der Waals surface area contributed by atoms with Crippen LogP contribution in [0.1, 0.15) is 12.7 Å². The number of hydrogen-bond acceptors (Lipinski definition) is 2. The van der Waals surface area contributed by atoms with Crippen molar-refractivity contribution < 1.29 is 4.74 Å². The fourth-order valence-electron chi connectivity index (χ4n) is 2.33. The highest BCUT2D eigenvalue weighted by atomic mass is 16.5. The monoisotopic (exact) mass is 202 g/mol. The maximum atomic E-state index is 5.19. The third-order valence-electron chi connectivity index (χ3n) is 3.06. The maximum absolute atomic E-state index is 5.19. The Hall–Kier alpha value is -1.51. The van der Waals surface area contributed by atoms with Crippen molar-refractivity contribution in [3.8, 4) is 5.75 Å². The van der Waals surface area contributed by atoms with Crippen molar-refractivity contribution in [2.45, 2.75) is 19.9 Å². The van der Waals surface area contributed by atoms with Crippen molar-refractivity contribution in [2.75, 3.05) is 7.11 Å². The van der Waals surface area contributed by atoms with Gasteiger partial charge in [-0.05, 0) is 18.1 Å². The third-order valence-corrected chi connectivity index (χ3v) is 3.06. The van der Waals surface area contributed by atoms with Gasteiger partial charge in [0.25, 0.3) is 0 Å². The van der Waals surface area contributed by atoms with Crippen LogP contribution >= 0.6 is 0 Å². The highest BCUT2D eigenvalue weighted by Crippen LogP contribution is 2.27. The molecular formula is C12H14N2O. The van der Waals surface area contributed by atoms with E-state index in [9.17, 15) is 0 Å². The summed E-state index contributed by atoms with van der Waals surface area (Å²) >= 11 is 0. The second kappa shape index (κ2) is 2.99. The van der Waals surface area contributed by atoms with Crippen molar-refractivity contribution in [1.82, 2.24) is 9.55 Å². The maximum Gasteiger partial charge on any atom is 0.121 e. The standard InChI is InChI=1S/C12H14N2O/c1-8-5-12-13-10-6-9(15-2)3-4-11(10)14(12)7-8/h3-4,6,8H,5,7H2,1-2H3/t8-/m0/s1. The first-order valence-electron chi connectivity index (χ1n) is 5.31. The Labute approximate surface area is 88.7 Å². The van der Waals surface area contributed by atoms with Gasteiger partial charge in [0.2, 0.25) is 0 Å². The molecule has 1 atom stereocenters. The molecule has 0 N–H and O–H groups in total. The molecule has 0 amide bonds. The molecule has 3 nitrogen and oxygen atoms in total. The lowest BCUT2D eigenvalue weighted by Crippen LogP contribution is -1.96. The molecule has 1 aliphatic heterocycles. The normalized spacial score (nSPS) is 19.5. The smallest absolute Gasteiger partial charge is 0.121 e. The minimum absolute atomic E-state index is 0.721. The van der Waals surface area contributed by atoms with Gasteiger partial charge in [0.1, 0.15) is 11.6 Å². The van der Waals surface area contributed by atoms with Gasteiger partial charge >= 0.3 is 0 Å². The average Bonchev–Trinajstić information content (AvgIpc) is 2.72. The van der Waals surface area contributed by atoms with E-state index in [0.29, 0.717) is 0 Å². The number of nitrogens with zero attached hydrogens (tertiary/aromatic N) is 2. The zero-order valence-corrected chi connectivity index (χ0v) is 9.03. The van der Waals surface area contributed by atoms with E-state index in [1.807, 2.05) is 12.1 Å². The molecule has 2 aromatic rings. The molecule has 2 heterocycles. The lowest BCUT2D eigenvalue weighted by molar-refractivity contribution is 0.415. The van der Waals surface area contributed by atoms with Gasteiger partial charge in [-0.3, -0.25) is 0 Å². The van der Waals surface area contributed by atoms with Crippen LogP contribution in [0.5, 0.6) is 5.75 Å². The van der Waals surface area contributed by atoms with E-state index in [2.05, 4.69) is 22.5 Å². The van der Waals surface area contributed by atoms with Crippen LogP contribution in [0.25, 0.3) is 11.0 Å². The molecule has 0 aliphatic carbocycles. The molecule has 1 aromatic heterocycles. The minimum Gasteiger partial charge on any atom is -0.497 e. The van der Waals surface area contributed by atoms with Gasteiger partial charge in [0, 0.05) is 19.0 Å². The first-order valence-corrected chi connectivity index (χ1v) is 5.31. The van der Waals surface area contributed by atoms with Crippen molar-refractivity contribution in [1.29, 1.82) is 0 Å². The van der Waals surface area contributed by atoms with Crippen molar-refractivity contribution in [2.24, 2.45) is 5.92 Å². The topological polar surface area (TPSA) is 27.1 Å². The number of hydrogen-bond donors (Lipinski definition) is 0. The number of fused-ring (bicyclic) bond motifs is 3. The summed E-state index contributed by atoms with van der Waals surface area (Å²) in [6, 6.07) is 6.11. The summed E-state index contributed by atoms with van der Waals surface area (Å²) in [6.45, 7) is 3.36. The van der Waals surface area contributed by atoms with E-state index in [1.165, 1.54) is 11.3 Å². The number of aromatic nitrogens is 2. The van der Waals surface area contributed by atoms with E-state index < -0.39 is 0 Å². The largest absolute Gasteiger partial charge is 0.497 e. The van der Waals surface area contributed by atoms with Gasteiger partial charge in [0.05, 0.1) is 18.1 Å². The Morgan fingerprint density at radius 2 is 2.33 bits per heavy atom. The Morgan fingerprint density at radius 3 is 3.13 bits per heavy atom. The lowest BCUT2D eigenvalue weighted by Gasteiger charge is -2.02. The minimum atomic E-state index is 0.721. The Kier molecular flexibility index (Phi) is 1.75. The molecule has 0 fully saturated rings. The van der Waals surface area contributed by atoms with Crippen LogP contribution in [-0.4, -0.2) is 16.7 Å². The zero-order chi connectivity index (χ0) is 10.4. The Balaban J connectivity index is 2.19. The van der Waals surface area contributed by atoms with Gasteiger partial charge in [-0.25, -0.2) is 4.98 Å². The summed E-state index contributed by atoms with van der Waals surface area (Å²) < 4.78 is 7.51. The van der Waals surface area contributed by atoms with E-state index in [0.717, 1.165) is 30.1 Å². The van der Waals surface area contributed by atoms with Crippen molar-refractivity contribution in [3.63, 3.8) is 0 Å². The molecule has 0 radical (unpaired) electrons. The van der Waals surface area contributed by atoms with E-state index in [1.54, 1.807) is 7.11 Å². The molecule has 3 heteroatoms. The molecule has 1 aliphatic rings. The van der Waals surface area contributed by atoms with Gasteiger partial charge < -0.3 is 9.30 Å². The summed E-state index contributed by atoms with van der Waals surface area (Å²) in [5, 5.41) is 0. The summed E-state index contributed by atoms with van der Waals surface area (Å²) in [4.78, 5) is 4.64. The molecule has 1 aromatic carbocycles. The summed E-state index contributed by atoms with van der Waals surface area (Å²) in [5.41, 5.74) is 2.28. The molecule has 0 bridgehead atoms. The van der Waals surface area contributed by atoms with Crippen LogP contribution in [0.4, 0.5) is 0 Å². The fourth-order valence-corrected chi connectivity index (χ4v) is 2.33. The van der Waals surface area contributed by atoms with E-state index in [-0.39, 0.29) is 0 Å². The van der Waals surface area contributed by atoms with Gasteiger partial charge in [0.15, 0.2) is 0 Å². The third kappa shape index (κ3) is 1.23. The number of rotatable bonds is 1. The molecule has 3 rings (SSSR count). The summed E-state index contributed by atoms with van der Waals surface area (Å²) in [5.74, 6) is 2.82. The van der Waals surface area contributed by atoms with Gasteiger partial charge in [-0.15, -0.1) is 0 Å². The summed E-state index contributed by atoms with van der Waals surface area (Å²) in [7, 11) is 1.69. The van der Waals surface area contributed by atoms with Crippen LogP contribution in [0.2, 0.25) is 0 Å². The first kappa shape index (κ1) is 8.77. The number of benzene rings is 1. The predicted molar refractivity (Wildman–Crippen MR) is 59.2 cm³/mol. The van der Waals surface area contributed by atoms with E-state index in [4.69, 9.17) is 4.74 Å². The van der Waals surface area contributed by atoms with Crippen LogP contribution in [0.3, 0.4) is 0 Å². The molecule has 15 heavy (non-hydrogen) atoms. The van der Waals surface area contributed by atoms with Crippen LogP contribution < -0.4 is 4.74 Å². The summed E-state index contributed by atoms with van der Waals surface area (Å²) in [6.07, 6.45) is 1.09. The van der Waals surface area contributed by atoms with Crippen molar-refractivity contribution in [3.05, 3.63) is 24.0 Å². The Bertz CT molecular complexity index is 516. The molecule has 78 valence electrons. The number of ether oxygens (including phenoxy) is 1. The zero-order valence-electron chi connectivity index (χ0n) is 9.03. The number of methoxy groups -OCH3 is 1. The predicted octanol–water partition coefficient (Wildman–Crippen LogP) is 2.24. The highest BCUT2D eigenvalue weighted by molar-refractivity contribution is 5.78. The lowest BCUT2D eigenvalue weighted by atomic mass is 10.1. The quantitative estimate of drug-likeness (QED) is 0.709. The number of imidazole rings is 1. The van der Waals surface area contributed by atoms with E-state index >= 15 is 0 Å². The second-order valence-electron chi connectivity index (χ2n) is 4.30. The highest BCUT2D eigenvalue weighted by Gasteiger charge is 2.21. The van der Waals surface area contributed by atoms with Crippen LogP contribution in [0, 0.1) is 5.92 Å². The van der Waals surface area contributed by atoms with Crippen LogP contribution in [0.15, 0.2) is 18.2 Å². The molecule has 0 spiro atoms. The molecule has 0 saturated carbocycles. The first-order chi connectivity index (χ1) is 7.28. The average molecular weight is 202 g/mol. The van der Waals surface area contributed by atoms with Gasteiger partial charge in [-0.1, -0.05) is 6.92 Å². The SMILES string of the molecule is COc1ccc2c(c1)nc1n2C[C@@H](C)C1. The molecule has 0 unspecified atom stereocenters. The van der Waals surface area contributed by atoms with Gasteiger partial charge in [-0.2, -0.15) is 0 Å². The second-order valence-corrected chi connectivity index (χ2v) is 4.30. The molecular weight excluding hydrogens is 188 g/mol.